The minimum atomic E-state index is -7.16. The van der Waals surface area contributed by atoms with Crippen LogP contribution in [0.5, 0.6) is 0 Å². The Hall–Kier alpha value is -1.14. The van der Waals surface area contributed by atoms with Gasteiger partial charge < -0.3 is 0 Å². The number of halogens is 12. The topological polar surface area (TPSA) is 9.23 Å². The molecule has 0 fully saturated rings. The molecule has 0 bridgehead atoms. The molecule has 0 aliphatic carbocycles. The lowest BCUT2D eigenvalue weighted by Gasteiger charge is -2.29. The molecule has 0 aromatic rings. The molecule has 0 amide bonds. The van der Waals surface area contributed by atoms with Crippen molar-refractivity contribution >= 4 is 0 Å². The summed E-state index contributed by atoms with van der Waals surface area (Å²) in [4.78, 5) is 0. The van der Waals surface area contributed by atoms with Gasteiger partial charge in [-0.2, -0.15) is 52.7 Å². The van der Waals surface area contributed by atoms with E-state index < -0.39 is 36.2 Å². The second-order valence-corrected chi connectivity index (χ2v) is 2.78. The maximum Gasteiger partial charge on any atom is 0.462 e. The summed E-state index contributed by atoms with van der Waals surface area (Å²) in [6, 6.07) is 0. The van der Waals surface area contributed by atoms with Gasteiger partial charge in [0, 0.05) is 0 Å². The number of rotatable bonds is 4. The molecule has 0 rings (SSSR count). The first-order valence-electron chi connectivity index (χ1n) is 3.68. The first-order valence-corrected chi connectivity index (χ1v) is 3.68. The molecule has 19 heavy (non-hydrogen) atoms. The van der Waals surface area contributed by atoms with E-state index in [1.165, 1.54) is 0 Å². The smallest absolute Gasteiger partial charge is 0.244 e. The molecule has 0 spiro atoms. The molecule has 0 atom stereocenters. The average molecular weight is 316 g/mol. The van der Waals surface area contributed by atoms with E-state index in [0.717, 1.165) is 0 Å². The lowest BCUT2D eigenvalue weighted by atomic mass is 10.3. The van der Waals surface area contributed by atoms with Gasteiger partial charge in [-0.15, -0.1) is 0 Å². The van der Waals surface area contributed by atoms with Crippen LogP contribution in [-0.2, 0) is 4.74 Å². The number of alkyl halides is 9. The van der Waals surface area contributed by atoms with E-state index in [1.54, 1.807) is 4.74 Å². The van der Waals surface area contributed by atoms with Crippen molar-refractivity contribution < 1.29 is 57.4 Å². The molecule has 0 saturated carbocycles. The van der Waals surface area contributed by atoms with Gasteiger partial charge in [-0.25, -0.2) is 4.74 Å². The van der Waals surface area contributed by atoms with Gasteiger partial charge in [0.2, 0.25) is 0 Å². The van der Waals surface area contributed by atoms with Gasteiger partial charge in [-0.3, -0.25) is 0 Å². The maximum absolute atomic E-state index is 12.2. The Kier molecular flexibility index (Phi) is 4.47. The van der Waals surface area contributed by atoms with Crippen LogP contribution in [0.2, 0.25) is 0 Å². The minimum Gasteiger partial charge on any atom is -0.244 e. The monoisotopic (exact) mass is 316 g/mol. The van der Waals surface area contributed by atoms with Crippen LogP contribution in [0.3, 0.4) is 0 Å². The lowest BCUT2D eigenvalue weighted by Crippen LogP contribution is -2.55. The third kappa shape index (κ3) is 3.45. The predicted octanol–water partition coefficient (Wildman–Crippen LogP) is 4.46. The fourth-order valence-electron chi connectivity index (χ4n) is 0.545. The van der Waals surface area contributed by atoms with Gasteiger partial charge in [0.1, 0.15) is 0 Å². The Morgan fingerprint density at radius 3 is 1.32 bits per heavy atom. The summed E-state index contributed by atoms with van der Waals surface area (Å²) < 4.78 is 143. The van der Waals surface area contributed by atoms with E-state index in [0.29, 0.717) is 0 Å². The van der Waals surface area contributed by atoms with Crippen molar-refractivity contribution in [1.82, 2.24) is 0 Å². The Bertz CT molecular complexity index is 361. The van der Waals surface area contributed by atoms with Crippen molar-refractivity contribution in [3.63, 3.8) is 0 Å². The average Bonchev–Trinajstić information content (AvgIpc) is 2.12. The van der Waals surface area contributed by atoms with E-state index in [1.807, 2.05) is 0 Å². The highest BCUT2D eigenvalue weighted by atomic mass is 19.4. The van der Waals surface area contributed by atoms with Crippen molar-refractivity contribution in [3.05, 3.63) is 11.9 Å². The highest BCUT2D eigenvalue weighted by Crippen LogP contribution is 2.50. The zero-order chi connectivity index (χ0) is 15.9. The number of ether oxygens (including phenoxy) is 1. The molecule has 0 aromatic heterocycles. The summed E-state index contributed by atoms with van der Waals surface area (Å²) in [5, 5.41) is 0. The van der Waals surface area contributed by atoms with Crippen molar-refractivity contribution in [2.75, 3.05) is 0 Å². The summed E-state index contributed by atoms with van der Waals surface area (Å²) in [7, 11) is 0. The SMILES string of the molecule is FC(F)=C(F)C(F)(F)OC(F)(F)C(F)(F)C(F)(F)F. The van der Waals surface area contributed by atoms with Crippen LogP contribution in [0.15, 0.2) is 11.9 Å². The predicted molar refractivity (Wildman–Crippen MR) is 32.3 cm³/mol. The van der Waals surface area contributed by atoms with Gasteiger partial charge in [-0.1, -0.05) is 0 Å². The van der Waals surface area contributed by atoms with Gasteiger partial charge in [0.25, 0.3) is 5.83 Å². The van der Waals surface area contributed by atoms with Crippen molar-refractivity contribution in [2.24, 2.45) is 0 Å². The molecule has 0 saturated heterocycles. The second-order valence-electron chi connectivity index (χ2n) is 2.78. The van der Waals surface area contributed by atoms with Crippen LogP contribution in [0, 0.1) is 0 Å². The normalized spacial score (nSPS) is 14.5. The molecular formula is C6F12O. The van der Waals surface area contributed by atoms with Crippen molar-refractivity contribution in [3.8, 4) is 0 Å². The Balaban J connectivity index is 5.46. The van der Waals surface area contributed by atoms with E-state index >= 15 is 0 Å². The van der Waals surface area contributed by atoms with E-state index in [2.05, 4.69) is 0 Å². The first kappa shape index (κ1) is 17.9. The number of hydrogen-bond acceptors (Lipinski definition) is 1. The third-order valence-electron chi connectivity index (χ3n) is 1.40. The zero-order valence-electron chi connectivity index (χ0n) is 7.94. The molecule has 1 nitrogen and oxygen atoms in total. The molecule has 0 radical (unpaired) electrons. The quantitative estimate of drug-likeness (QED) is 0.696. The fourth-order valence-corrected chi connectivity index (χ4v) is 0.545. The van der Waals surface area contributed by atoms with Crippen LogP contribution in [-0.4, -0.2) is 24.3 Å². The molecular weight excluding hydrogens is 316 g/mol. The van der Waals surface area contributed by atoms with E-state index in [4.69, 9.17) is 0 Å². The molecule has 0 unspecified atom stereocenters. The maximum atomic E-state index is 12.2. The van der Waals surface area contributed by atoms with Crippen LogP contribution in [0.25, 0.3) is 0 Å². The third-order valence-corrected chi connectivity index (χ3v) is 1.40. The Morgan fingerprint density at radius 2 is 1.05 bits per heavy atom. The molecule has 0 aliphatic rings. The minimum absolute atomic E-state index is 1.59. The second kappa shape index (κ2) is 4.76. The molecule has 0 aliphatic heterocycles. The lowest BCUT2D eigenvalue weighted by molar-refractivity contribution is -0.467. The van der Waals surface area contributed by atoms with Crippen LogP contribution in [0.1, 0.15) is 0 Å². The highest BCUT2D eigenvalue weighted by molar-refractivity contribution is 5.01. The summed E-state index contributed by atoms with van der Waals surface area (Å²) in [6.07, 6.45) is -24.3. The summed E-state index contributed by atoms with van der Waals surface area (Å²) in [5.41, 5.74) is 0. The van der Waals surface area contributed by atoms with Crippen LogP contribution < -0.4 is 0 Å². The van der Waals surface area contributed by atoms with Crippen molar-refractivity contribution in [2.45, 2.75) is 24.3 Å². The molecule has 13 heteroatoms. The van der Waals surface area contributed by atoms with Gasteiger partial charge in [0.15, 0.2) is 0 Å². The molecule has 114 valence electrons. The standard InChI is InChI=1S/C6F12O/c7-1(2(8)9)3(10,11)19-6(17,18)4(12,13)5(14,15)16. The summed E-state index contributed by atoms with van der Waals surface area (Å²) >= 11 is 0. The summed E-state index contributed by atoms with van der Waals surface area (Å²) in [5.74, 6) is -11.2. The van der Waals surface area contributed by atoms with Gasteiger partial charge >= 0.3 is 30.4 Å². The molecule has 0 heterocycles. The first-order chi connectivity index (χ1) is 8.06. The Labute approximate surface area is 95.0 Å². The van der Waals surface area contributed by atoms with Crippen molar-refractivity contribution in [1.29, 1.82) is 0 Å². The van der Waals surface area contributed by atoms with Crippen LogP contribution in [0.4, 0.5) is 52.7 Å². The van der Waals surface area contributed by atoms with Gasteiger partial charge in [-0.05, 0) is 0 Å². The largest absolute Gasteiger partial charge is 0.462 e. The highest BCUT2D eigenvalue weighted by Gasteiger charge is 2.76. The van der Waals surface area contributed by atoms with E-state index in [-0.39, 0.29) is 0 Å². The molecule has 0 aromatic carbocycles. The summed E-state index contributed by atoms with van der Waals surface area (Å²) in [6.45, 7) is 0. The zero-order valence-corrected chi connectivity index (χ0v) is 7.94. The molecule has 0 N–H and O–H groups in total. The number of hydrogen-bond donors (Lipinski definition) is 0. The van der Waals surface area contributed by atoms with Crippen LogP contribution >= 0.6 is 0 Å². The van der Waals surface area contributed by atoms with E-state index in [9.17, 15) is 52.7 Å². The van der Waals surface area contributed by atoms with Gasteiger partial charge in [0.05, 0.1) is 0 Å². The fraction of sp³-hybridized carbons (Fsp3) is 0.667. The Morgan fingerprint density at radius 1 is 0.684 bits per heavy atom.